The van der Waals surface area contributed by atoms with Crippen molar-refractivity contribution >= 4 is 0 Å². The van der Waals surface area contributed by atoms with Crippen LogP contribution in [0, 0.1) is 6.92 Å². The number of aromatic nitrogens is 4. The van der Waals surface area contributed by atoms with Gasteiger partial charge in [-0.2, -0.15) is 0 Å². The van der Waals surface area contributed by atoms with Crippen LogP contribution in [0.3, 0.4) is 0 Å². The molecule has 0 aliphatic carbocycles. The van der Waals surface area contributed by atoms with Crippen LogP contribution >= 0.6 is 0 Å². The van der Waals surface area contributed by atoms with Crippen molar-refractivity contribution in [3.05, 3.63) is 41.2 Å². The molecule has 0 saturated heterocycles. The molecule has 2 atom stereocenters. The third kappa shape index (κ3) is 3.22. The Bertz CT molecular complexity index is 531. The van der Waals surface area contributed by atoms with E-state index in [1.807, 2.05) is 4.68 Å². The summed E-state index contributed by atoms with van der Waals surface area (Å²) in [7, 11) is 0. The van der Waals surface area contributed by atoms with Gasteiger partial charge in [-0.25, -0.2) is 4.68 Å². The molecule has 0 fully saturated rings. The molecule has 5 heteroatoms. The lowest BCUT2D eigenvalue weighted by atomic mass is 10.1. The van der Waals surface area contributed by atoms with Crippen LogP contribution in [0.15, 0.2) is 24.3 Å². The monoisotopic (exact) mass is 273 g/mol. The maximum absolute atomic E-state index is 4.17. The molecule has 1 heterocycles. The fraction of sp³-hybridized carbons (Fsp3) is 0.533. The third-order valence-corrected chi connectivity index (χ3v) is 3.53. The molecular weight excluding hydrogens is 250 g/mol. The highest BCUT2D eigenvalue weighted by Crippen LogP contribution is 2.20. The molecule has 1 aromatic heterocycles. The summed E-state index contributed by atoms with van der Waals surface area (Å²) in [5.74, 6) is 0.881. The minimum atomic E-state index is 0.131. The molecule has 0 bridgehead atoms. The number of tetrazole rings is 1. The van der Waals surface area contributed by atoms with E-state index in [9.17, 15) is 0 Å². The average Bonchev–Trinajstić information content (AvgIpc) is 2.94. The Labute approximate surface area is 120 Å². The zero-order valence-electron chi connectivity index (χ0n) is 12.7. The van der Waals surface area contributed by atoms with Gasteiger partial charge in [0.15, 0.2) is 5.82 Å². The van der Waals surface area contributed by atoms with Crippen LogP contribution < -0.4 is 5.32 Å². The van der Waals surface area contributed by atoms with Crippen molar-refractivity contribution < 1.29 is 0 Å². The van der Waals surface area contributed by atoms with Gasteiger partial charge in [-0.1, -0.05) is 36.8 Å². The minimum Gasteiger partial charge on any atom is -0.307 e. The zero-order valence-corrected chi connectivity index (χ0v) is 12.7. The van der Waals surface area contributed by atoms with Crippen LogP contribution in [0.25, 0.3) is 0 Å². The van der Waals surface area contributed by atoms with Gasteiger partial charge in [0.05, 0.1) is 12.1 Å². The number of hydrogen-bond acceptors (Lipinski definition) is 4. The van der Waals surface area contributed by atoms with Gasteiger partial charge in [0.2, 0.25) is 0 Å². The molecule has 20 heavy (non-hydrogen) atoms. The SMILES string of the molecule is CCCNC(C)c1nnnn1C(C)c1ccc(C)cc1. The summed E-state index contributed by atoms with van der Waals surface area (Å²) >= 11 is 0. The molecule has 0 amide bonds. The molecule has 1 N–H and O–H groups in total. The minimum absolute atomic E-state index is 0.131. The topological polar surface area (TPSA) is 55.6 Å². The summed E-state index contributed by atoms with van der Waals surface area (Å²) in [5.41, 5.74) is 2.47. The molecule has 0 saturated carbocycles. The fourth-order valence-corrected chi connectivity index (χ4v) is 2.20. The molecule has 0 aliphatic heterocycles. The average molecular weight is 273 g/mol. The highest BCUT2D eigenvalue weighted by molar-refractivity contribution is 5.24. The standard InChI is InChI=1S/C15H23N5/c1-5-10-16-12(3)15-17-18-19-20(15)13(4)14-8-6-11(2)7-9-14/h6-9,12-13,16H,5,10H2,1-4H3. The third-order valence-electron chi connectivity index (χ3n) is 3.53. The Balaban J connectivity index is 2.20. The van der Waals surface area contributed by atoms with E-state index in [-0.39, 0.29) is 12.1 Å². The van der Waals surface area contributed by atoms with Gasteiger partial charge in [-0.3, -0.25) is 0 Å². The zero-order chi connectivity index (χ0) is 14.5. The number of nitrogens with zero attached hydrogens (tertiary/aromatic N) is 4. The van der Waals surface area contributed by atoms with E-state index in [1.165, 1.54) is 11.1 Å². The number of rotatable bonds is 6. The van der Waals surface area contributed by atoms with E-state index in [4.69, 9.17) is 0 Å². The van der Waals surface area contributed by atoms with E-state index in [0.29, 0.717) is 0 Å². The number of nitrogens with one attached hydrogen (secondary N) is 1. The van der Waals surface area contributed by atoms with Crippen LogP contribution in [0.1, 0.15) is 56.2 Å². The predicted molar refractivity (Wildman–Crippen MR) is 79.5 cm³/mol. The van der Waals surface area contributed by atoms with E-state index < -0.39 is 0 Å². The Morgan fingerprint density at radius 1 is 1.20 bits per heavy atom. The first-order valence-electron chi connectivity index (χ1n) is 7.21. The van der Waals surface area contributed by atoms with Crippen molar-refractivity contribution in [3.8, 4) is 0 Å². The van der Waals surface area contributed by atoms with Crippen LogP contribution in [-0.4, -0.2) is 26.8 Å². The van der Waals surface area contributed by atoms with Crippen molar-refractivity contribution in [1.82, 2.24) is 25.5 Å². The molecule has 108 valence electrons. The predicted octanol–water partition coefficient (Wildman–Crippen LogP) is 2.65. The summed E-state index contributed by atoms with van der Waals surface area (Å²) in [5, 5.41) is 15.6. The largest absolute Gasteiger partial charge is 0.307 e. The molecule has 5 nitrogen and oxygen atoms in total. The first-order valence-corrected chi connectivity index (χ1v) is 7.21. The Kier molecular flexibility index (Phi) is 4.84. The quantitative estimate of drug-likeness (QED) is 0.879. The Morgan fingerprint density at radius 3 is 2.55 bits per heavy atom. The van der Waals surface area contributed by atoms with E-state index in [1.54, 1.807) is 0 Å². The lowest BCUT2D eigenvalue weighted by Crippen LogP contribution is -2.24. The van der Waals surface area contributed by atoms with Crippen molar-refractivity contribution in [2.24, 2.45) is 0 Å². The lowest BCUT2D eigenvalue weighted by molar-refractivity contribution is 0.464. The maximum atomic E-state index is 4.17. The smallest absolute Gasteiger partial charge is 0.168 e. The maximum Gasteiger partial charge on any atom is 0.168 e. The van der Waals surface area contributed by atoms with Gasteiger partial charge < -0.3 is 5.32 Å². The van der Waals surface area contributed by atoms with Crippen molar-refractivity contribution in [3.63, 3.8) is 0 Å². The van der Waals surface area contributed by atoms with Crippen molar-refractivity contribution in [2.75, 3.05) is 6.54 Å². The number of hydrogen-bond donors (Lipinski definition) is 1. The normalized spacial score (nSPS) is 14.2. The Morgan fingerprint density at radius 2 is 1.90 bits per heavy atom. The van der Waals surface area contributed by atoms with Gasteiger partial charge in [0.1, 0.15) is 0 Å². The number of aryl methyl sites for hydroxylation is 1. The fourth-order valence-electron chi connectivity index (χ4n) is 2.20. The van der Waals surface area contributed by atoms with Gasteiger partial charge in [-0.05, 0) is 49.7 Å². The molecule has 2 unspecified atom stereocenters. The van der Waals surface area contributed by atoms with Gasteiger partial charge in [0.25, 0.3) is 0 Å². The summed E-state index contributed by atoms with van der Waals surface area (Å²) in [6.07, 6.45) is 1.10. The number of benzene rings is 1. The van der Waals surface area contributed by atoms with E-state index in [0.717, 1.165) is 18.8 Å². The van der Waals surface area contributed by atoms with Crippen LogP contribution in [-0.2, 0) is 0 Å². The summed E-state index contributed by atoms with van der Waals surface area (Å²) in [6.45, 7) is 9.43. The molecular formula is C15H23N5. The first-order chi connectivity index (χ1) is 9.63. The van der Waals surface area contributed by atoms with Crippen molar-refractivity contribution in [1.29, 1.82) is 0 Å². The highest BCUT2D eigenvalue weighted by Gasteiger charge is 2.18. The molecule has 0 radical (unpaired) electrons. The van der Waals surface area contributed by atoms with Crippen LogP contribution in [0.5, 0.6) is 0 Å². The van der Waals surface area contributed by atoms with E-state index >= 15 is 0 Å². The second-order valence-electron chi connectivity index (χ2n) is 5.24. The molecule has 2 rings (SSSR count). The molecule has 0 aliphatic rings. The molecule has 1 aromatic carbocycles. The second kappa shape index (κ2) is 6.61. The Hall–Kier alpha value is -1.75. The first kappa shape index (κ1) is 14.7. The van der Waals surface area contributed by atoms with Crippen LogP contribution in [0.4, 0.5) is 0 Å². The van der Waals surface area contributed by atoms with Crippen molar-refractivity contribution in [2.45, 2.75) is 46.2 Å². The van der Waals surface area contributed by atoms with Gasteiger partial charge in [0, 0.05) is 0 Å². The van der Waals surface area contributed by atoms with E-state index in [2.05, 4.69) is 72.8 Å². The summed E-state index contributed by atoms with van der Waals surface area (Å²) in [4.78, 5) is 0. The summed E-state index contributed by atoms with van der Waals surface area (Å²) < 4.78 is 1.90. The molecule has 0 spiro atoms. The summed E-state index contributed by atoms with van der Waals surface area (Å²) in [6, 6.07) is 8.79. The van der Waals surface area contributed by atoms with Crippen LogP contribution in [0.2, 0.25) is 0 Å². The lowest BCUT2D eigenvalue weighted by Gasteiger charge is -2.18. The second-order valence-corrected chi connectivity index (χ2v) is 5.24. The molecule has 2 aromatic rings. The van der Waals surface area contributed by atoms with Gasteiger partial charge >= 0.3 is 0 Å². The van der Waals surface area contributed by atoms with Gasteiger partial charge in [-0.15, -0.1) is 5.10 Å². The highest BCUT2D eigenvalue weighted by atomic mass is 15.6.